The van der Waals surface area contributed by atoms with E-state index >= 15 is 0 Å². The van der Waals surface area contributed by atoms with Crippen LogP contribution in [0.2, 0.25) is 0 Å². The predicted molar refractivity (Wildman–Crippen MR) is 52.8 cm³/mol. The molecule has 1 heterocycles. The zero-order chi connectivity index (χ0) is 13.0. The number of aromatic nitrogens is 1. The summed E-state index contributed by atoms with van der Waals surface area (Å²) in [6.45, 7) is -0.112. The van der Waals surface area contributed by atoms with Crippen LogP contribution in [-0.2, 0) is 22.5 Å². The summed E-state index contributed by atoms with van der Waals surface area (Å²) in [6.07, 6.45) is -2.48. The van der Waals surface area contributed by atoms with E-state index in [1.807, 2.05) is 0 Å². The molecule has 1 rings (SSSR count). The van der Waals surface area contributed by atoms with Crippen LogP contribution in [0.25, 0.3) is 0 Å². The van der Waals surface area contributed by atoms with Gasteiger partial charge < -0.3 is 10.5 Å². The van der Waals surface area contributed by atoms with Crippen molar-refractivity contribution >= 4 is 5.97 Å². The third-order valence-electron chi connectivity index (χ3n) is 2.26. The van der Waals surface area contributed by atoms with Crippen LogP contribution >= 0.6 is 0 Å². The molecular formula is C10H11F3N2O2. The van der Waals surface area contributed by atoms with Gasteiger partial charge in [0.05, 0.1) is 19.1 Å². The molecule has 17 heavy (non-hydrogen) atoms. The fraction of sp³-hybridized carbons (Fsp3) is 0.400. The van der Waals surface area contributed by atoms with E-state index in [9.17, 15) is 18.0 Å². The molecule has 0 aliphatic rings. The summed E-state index contributed by atoms with van der Waals surface area (Å²) >= 11 is 0. The molecule has 0 amide bonds. The molecule has 0 aliphatic carbocycles. The van der Waals surface area contributed by atoms with Gasteiger partial charge in [0.2, 0.25) is 5.95 Å². The Morgan fingerprint density at radius 3 is 2.71 bits per heavy atom. The molecular weight excluding hydrogens is 237 g/mol. The molecule has 1 aromatic rings. The van der Waals surface area contributed by atoms with E-state index in [-0.39, 0.29) is 17.7 Å². The molecule has 0 radical (unpaired) electrons. The average molecular weight is 248 g/mol. The van der Waals surface area contributed by atoms with Crippen molar-refractivity contribution in [1.29, 1.82) is 0 Å². The first-order valence-electron chi connectivity index (χ1n) is 4.72. The number of alkyl halides is 2. The number of carbonyl (C=O) groups excluding carboxylic acids is 1. The number of hydrogen-bond acceptors (Lipinski definition) is 4. The maximum absolute atomic E-state index is 13.2. The standard InChI is InChI=1S/C10H11F3N2O2/c1-17-7(16)2-6-5(3-14)4-15-10(13)8(6)9(11)12/h4,9H,2-3,14H2,1H3. The molecule has 4 nitrogen and oxygen atoms in total. The van der Waals surface area contributed by atoms with Crippen molar-refractivity contribution < 1.29 is 22.7 Å². The maximum Gasteiger partial charge on any atom is 0.310 e. The Balaban J connectivity index is 3.29. The van der Waals surface area contributed by atoms with Gasteiger partial charge in [-0.1, -0.05) is 0 Å². The van der Waals surface area contributed by atoms with Crippen molar-refractivity contribution in [3.8, 4) is 0 Å². The lowest BCUT2D eigenvalue weighted by Crippen LogP contribution is -2.14. The Hall–Kier alpha value is -1.63. The highest BCUT2D eigenvalue weighted by Crippen LogP contribution is 2.27. The molecule has 0 aromatic carbocycles. The summed E-state index contributed by atoms with van der Waals surface area (Å²) in [5, 5.41) is 0. The summed E-state index contributed by atoms with van der Waals surface area (Å²) in [6, 6.07) is 0. The van der Waals surface area contributed by atoms with Crippen molar-refractivity contribution in [2.24, 2.45) is 5.73 Å². The quantitative estimate of drug-likeness (QED) is 0.645. The summed E-state index contributed by atoms with van der Waals surface area (Å²) in [5.74, 6) is -2.04. The van der Waals surface area contributed by atoms with E-state index in [4.69, 9.17) is 5.73 Å². The summed E-state index contributed by atoms with van der Waals surface area (Å²) < 4.78 is 42.9. The Kier molecular flexibility index (Phi) is 4.45. The minimum absolute atomic E-state index is 0.112. The van der Waals surface area contributed by atoms with Crippen molar-refractivity contribution in [2.45, 2.75) is 19.4 Å². The molecule has 0 aliphatic heterocycles. The second kappa shape index (κ2) is 5.62. The normalized spacial score (nSPS) is 10.7. The van der Waals surface area contributed by atoms with Gasteiger partial charge in [-0.15, -0.1) is 0 Å². The Bertz CT molecular complexity index is 424. The second-order valence-electron chi connectivity index (χ2n) is 3.22. The second-order valence-corrected chi connectivity index (χ2v) is 3.22. The lowest BCUT2D eigenvalue weighted by Gasteiger charge is -2.12. The molecule has 0 atom stereocenters. The monoisotopic (exact) mass is 248 g/mol. The van der Waals surface area contributed by atoms with Crippen LogP contribution in [0.15, 0.2) is 6.20 Å². The fourth-order valence-corrected chi connectivity index (χ4v) is 1.40. The number of methoxy groups -OCH3 is 1. The van der Waals surface area contributed by atoms with Gasteiger partial charge in [0, 0.05) is 12.7 Å². The van der Waals surface area contributed by atoms with Crippen molar-refractivity contribution in [2.75, 3.05) is 7.11 Å². The van der Waals surface area contributed by atoms with Gasteiger partial charge >= 0.3 is 5.97 Å². The molecule has 2 N–H and O–H groups in total. The van der Waals surface area contributed by atoms with Gasteiger partial charge in [-0.3, -0.25) is 4.79 Å². The number of esters is 1. The first-order chi connectivity index (χ1) is 8.01. The first-order valence-corrected chi connectivity index (χ1v) is 4.72. The highest BCUT2D eigenvalue weighted by atomic mass is 19.3. The van der Waals surface area contributed by atoms with Crippen LogP contribution in [0.3, 0.4) is 0 Å². The van der Waals surface area contributed by atoms with E-state index in [2.05, 4.69) is 9.72 Å². The van der Waals surface area contributed by atoms with E-state index in [0.29, 0.717) is 0 Å². The number of nitrogens with zero attached hydrogens (tertiary/aromatic N) is 1. The summed E-state index contributed by atoms with van der Waals surface area (Å²) in [7, 11) is 1.12. The van der Waals surface area contributed by atoms with Crippen LogP contribution in [0, 0.1) is 5.95 Å². The number of hydrogen-bond donors (Lipinski definition) is 1. The van der Waals surface area contributed by atoms with Crippen molar-refractivity contribution in [3.63, 3.8) is 0 Å². The lowest BCUT2D eigenvalue weighted by atomic mass is 10.0. The number of pyridine rings is 1. The predicted octanol–water partition coefficient (Wildman–Crippen LogP) is 1.33. The zero-order valence-corrected chi connectivity index (χ0v) is 9.04. The molecule has 0 fully saturated rings. The van der Waals surface area contributed by atoms with E-state index in [1.165, 1.54) is 0 Å². The fourth-order valence-electron chi connectivity index (χ4n) is 1.40. The van der Waals surface area contributed by atoms with Crippen molar-refractivity contribution in [3.05, 3.63) is 28.8 Å². The van der Waals surface area contributed by atoms with E-state index < -0.39 is 30.3 Å². The van der Waals surface area contributed by atoms with Crippen LogP contribution in [-0.4, -0.2) is 18.1 Å². The number of halogens is 3. The molecule has 94 valence electrons. The van der Waals surface area contributed by atoms with E-state index in [1.54, 1.807) is 0 Å². The number of ether oxygens (including phenoxy) is 1. The minimum atomic E-state index is -3.06. The summed E-state index contributed by atoms with van der Waals surface area (Å²) in [5.41, 5.74) is 4.49. The number of carbonyl (C=O) groups is 1. The van der Waals surface area contributed by atoms with Crippen LogP contribution in [0.5, 0.6) is 0 Å². The molecule has 0 saturated heterocycles. The van der Waals surface area contributed by atoms with Crippen LogP contribution in [0.4, 0.5) is 13.2 Å². The zero-order valence-electron chi connectivity index (χ0n) is 9.04. The van der Waals surface area contributed by atoms with Gasteiger partial charge in [0.15, 0.2) is 0 Å². The van der Waals surface area contributed by atoms with Gasteiger partial charge in [-0.25, -0.2) is 13.8 Å². The SMILES string of the molecule is COC(=O)Cc1c(CN)cnc(F)c1C(F)F. The topological polar surface area (TPSA) is 65.2 Å². The Morgan fingerprint density at radius 1 is 1.59 bits per heavy atom. The first kappa shape index (κ1) is 13.4. The molecule has 7 heteroatoms. The molecule has 0 unspecified atom stereocenters. The molecule has 0 saturated carbocycles. The van der Waals surface area contributed by atoms with Gasteiger partial charge in [0.25, 0.3) is 6.43 Å². The largest absolute Gasteiger partial charge is 0.469 e. The van der Waals surface area contributed by atoms with E-state index in [0.717, 1.165) is 13.3 Å². The smallest absolute Gasteiger partial charge is 0.310 e. The molecule has 1 aromatic heterocycles. The number of rotatable bonds is 4. The van der Waals surface area contributed by atoms with Gasteiger partial charge in [-0.05, 0) is 11.1 Å². The summed E-state index contributed by atoms with van der Waals surface area (Å²) in [4.78, 5) is 14.3. The third-order valence-corrected chi connectivity index (χ3v) is 2.26. The molecule has 0 bridgehead atoms. The third kappa shape index (κ3) is 2.94. The molecule has 0 spiro atoms. The highest BCUT2D eigenvalue weighted by Gasteiger charge is 2.23. The van der Waals surface area contributed by atoms with Crippen LogP contribution < -0.4 is 5.73 Å². The van der Waals surface area contributed by atoms with Crippen LogP contribution in [0.1, 0.15) is 23.1 Å². The Labute approximate surface area is 95.6 Å². The van der Waals surface area contributed by atoms with Gasteiger partial charge in [-0.2, -0.15) is 4.39 Å². The minimum Gasteiger partial charge on any atom is -0.469 e. The lowest BCUT2D eigenvalue weighted by molar-refractivity contribution is -0.139. The average Bonchev–Trinajstić information content (AvgIpc) is 2.28. The Morgan fingerprint density at radius 2 is 2.24 bits per heavy atom. The van der Waals surface area contributed by atoms with Gasteiger partial charge in [0.1, 0.15) is 0 Å². The maximum atomic E-state index is 13.2. The highest BCUT2D eigenvalue weighted by molar-refractivity contribution is 5.73. The van der Waals surface area contributed by atoms with Crippen molar-refractivity contribution in [1.82, 2.24) is 4.98 Å². The number of nitrogens with two attached hydrogens (primary N) is 1.